The van der Waals surface area contributed by atoms with Crippen LogP contribution in [0.25, 0.3) is 6.20 Å². The first-order valence-electron chi connectivity index (χ1n) is 5.85. The zero-order valence-electron chi connectivity index (χ0n) is 10.3. The monoisotopic (exact) mass is 279 g/mol. The number of alkyl halides is 2. The number of aromatic nitrogens is 2. The van der Waals surface area contributed by atoms with Crippen LogP contribution in [0.3, 0.4) is 0 Å². The van der Waals surface area contributed by atoms with Gasteiger partial charge in [0.25, 0.3) is 0 Å². The number of fused-ring (bicyclic) bond motifs is 1. The molecule has 0 bridgehead atoms. The molecule has 1 aliphatic rings. The molecule has 0 fully saturated rings. The van der Waals surface area contributed by atoms with Crippen LogP contribution in [0.2, 0.25) is 0 Å². The molecule has 1 aromatic carbocycles. The van der Waals surface area contributed by atoms with E-state index in [1.165, 1.54) is 12.1 Å². The molecule has 0 aliphatic carbocycles. The molecule has 5 nitrogen and oxygen atoms in total. The summed E-state index contributed by atoms with van der Waals surface area (Å²) < 4.78 is 36.0. The molecule has 0 saturated heterocycles. The van der Waals surface area contributed by atoms with E-state index in [4.69, 9.17) is 0 Å². The fourth-order valence-corrected chi connectivity index (χ4v) is 1.83. The van der Waals surface area contributed by atoms with Crippen molar-refractivity contribution in [3.8, 4) is 11.5 Å². The Morgan fingerprint density at radius 1 is 1.35 bits per heavy atom. The largest absolute Gasteiger partial charge is 0.586 e. The van der Waals surface area contributed by atoms with Gasteiger partial charge in [0.05, 0.1) is 6.20 Å². The van der Waals surface area contributed by atoms with E-state index < -0.39 is 6.29 Å². The minimum atomic E-state index is -3.59. The van der Waals surface area contributed by atoms with Crippen molar-refractivity contribution in [2.75, 3.05) is 5.32 Å². The quantitative estimate of drug-likeness (QED) is 0.934. The highest BCUT2D eigenvalue weighted by Gasteiger charge is 2.43. The molecule has 1 aromatic heterocycles. The number of hydrogen-bond acceptors (Lipinski definition) is 4. The van der Waals surface area contributed by atoms with Gasteiger partial charge in [-0.15, -0.1) is 8.78 Å². The lowest BCUT2D eigenvalue weighted by Crippen LogP contribution is -2.25. The number of anilines is 1. The topological polar surface area (TPSA) is 48.3 Å². The molecule has 104 valence electrons. The predicted octanol–water partition coefficient (Wildman–Crippen LogP) is 2.92. The molecule has 20 heavy (non-hydrogen) atoms. The smallest absolute Gasteiger partial charge is 0.395 e. The van der Waals surface area contributed by atoms with Gasteiger partial charge in [-0.2, -0.15) is 5.10 Å². The summed E-state index contributed by atoms with van der Waals surface area (Å²) in [6.07, 6.45) is 1.48. The number of benzene rings is 1. The van der Waals surface area contributed by atoms with Gasteiger partial charge in [0.2, 0.25) is 0 Å². The zero-order valence-corrected chi connectivity index (χ0v) is 10.3. The van der Waals surface area contributed by atoms with Crippen molar-refractivity contribution in [2.45, 2.75) is 12.8 Å². The lowest BCUT2D eigenvalue weighted by atomic mass is 10.2. The van der Waals surface area contributed by atoms with E-state index in [-0.39, 0.29) is 11.5 Å². The number of rotatable bonds is 4. The minimum absolute atomic E-state index is 0.0155. The van der Waals surface area contributed by atoms with Crippen molar-refractivity contribution in [3.05, 3.63) is 42.7 Å². The Balaban J connectivity index is 1.69. The molecule has 1 aliphatic heterocycles. The van der Waals surface area contributed by atoms with Gasteiger partial charge >= 0.3 is 6.29 Å². The molecule has 2 heterocycles. The molecule has 0 spiro atoms. The number of nitrogens with zero attached hydrogens (tertiary/aromatic N) is 2. The lowest BCUT2D eigenvalue weighted by Gasteiger charge is -2.05. The Kier molecular flexibility index (Phi) is 2.81. The lowest BCUT2D eigenvalue weighted by molar-refractivity contribution is -0.286. The van der Waals surface area contributed by atoms with Gasteiger partial charge in [-0.25, -0.2) is 4.68 Å². The van der Waals surface area contributed by atoms with Gasteiger partial charge in [-0.1, -0.05) is 6.58 Å². The van der Waals surface area contributed by atoms with Crippen LogP contribution in [-0.4, -0.2) is 16.1 Å². The van der Waals surface area contributed by atoms with Crippen LogP contribution in [-0.2, 0) is 6.54 Å². The highest BCUT2D eigenvalue weighted by Crippen LogP contribution is 2.42. The maximum Gasteiger partial charge on any atom is 0.586 e. The van der Waals surface area contributed by atoms with E-state index in [0.29, 0.717) is 12.2 Å². The molecule has 1 N–H and O–H groups in total. The molecule has 7 heteroatoms. The summed E-state index contributed by atoms with van der Waals surface area (Å²) in [7, 11) is 0. The molecule has 2 aromatic rings. The van der Waals surface area contributed by atoms with E-state index in [1.807, 2.05) is 0 Å². The van der Waals surface area contributed by atoms with Gasteiger partial charge in [-0.05, 0) is 12.1 Å². The number of halogens is 2. The summed E-state index contributed by atoms with van der Waals surface area (Å²) in [6, 6.07) is 4.54. The zero-order chi connectivity index (χ0) is 14.2. The molecule has 0 saturated carbocycles. The van der Waals surface area contributed by atoms with Gasteiger partial charge in [0, 0.05) is 36.3 Å². The van der Waals surface area contributed by atoms with Crippen LogP contribution in [0.1, 0.15) is 5.56 Å². The van der Waals surface area contributed by atoms with E-state index in [9.17, 15) is 8.78 Å². The predicted molar refractivity (Wildman–Crippen MR) is 68.6 cm³/mol. The van der Waals surface area contributed by atoms with Crippen LogP contribution >= 0.6 is 0 Å². The Bertz CT molecular complexity index is 655. The van der Waals surface area contributed by atoms with Gasteiger partial charge < -0.3 is 14.8 Å². The number of nitrogens with one attached hydrogen (secondary N) is 1. The van der Waals surface area contributed by atoms with E-state index >= 15 is 0 Å². The van der Waals surface area contributed by atoms with Crippen molar-refractivity contribution in [3.63, 3.8) is 0 Å². The second kappa shape index (κ2) is 4.52. The van der Waals surface area contributed by atoms with Crippen LogP contribution in [0.5, 0.6) is 11.5 Å². The molecular formula is C13H11F2N3O2. The van der Waals surface area contributed by atoms with Gasteiger partial charge in [0.15, 0.2) is 11.5 Å². The van der Waals surface area contributed by atoms with Crippen LogP contribution in [0.4, 0.5) is 14.5 Å². The van der Waals surface area contributed by atoms with Crippen molar-refractivity contribution >= 4 is 11.9 Å². The minimum Gasteiger partial charge on any atom is -0.395 e. The Morgan fingerprint density at radius 3 is 2.90 bits per heavy atom. The van der Waals surface area contributed by atoms with E-state index in [1.54, 1.807) is 29.3 Å². The third-order valence-electron chi connectivity index (χ3n) is 2.74. The highest BCUT2D eigenvalue weighted by atomic mass is 19.3. The summed E-state index contributed by atoms with van der Waals surface area (Å²) in [5, 5.41) is 7.13. The molecule has 0 radical (unpaired) electrons. The first-order chi connectivity index (χ1) is 9.55. The second-order valence-electron chi connectivity index (χ2n) is 4.19. The molecular weight excluding hydrogens is 268 g/mol. The molecule has 3 rings (SSSR count). The number of hydrogen-bond donors (Lipinski definition) is 1. The standard InChI is InChI=1S/C13H11F2N3O2/c1-2-18-8-9(7-17-18)6-16-10-3-4-11-12(5-10)20-13(14,15)19-11/h2-5,7-8,16H,1,6H2. The summed E-state index contributed by atoms with van der Waals surface area (Å²) in [5.74, 6) is 0.0433. The van der Waals surface area contributed by atoms with Crippen molar-refractivity contribution in [1.82, 2.24) is 9.78 Å². The van der Waals surface area contributed by atoms with E-state index in [0.717, 1.165) is 5.56 Å². The first kappa shape index (κ1) is 12.5. The summed E-state index contributed by atoms with van der Waals surface area (Å²) in [5.41, 5.74) is 1.59. The SMILES string of the molecule is C=Cn1cc(CNc2ccc3c(c2)OC(F)(F)O3)cn1. The summed E-state index contributed by atoms with van der Waals surface area (Å²) >= 11 is 0. The fourth-order valence-electron chi connectivity index (χ4n) is 1.83. The highest BCUT2D eigenvalue weighted by molar-refractivity contribution is 5.56. The number of ether oxygens (including phenoxy) is 2. The van der Waals surface area contributed by atoms with Gasteiger partial charge in [0.1, 0.15) is 0 Å². The van der Waals surface area contributed by atoms with Crippen LogP contribution in [0, 0.1) is 0 Å². The average Bonchev–Trinajstić information content (AvgIpc) is 2.97. The Hall–Kier alpha value is -2.57. The normalized spacial score (nSPS) is 15.1. The Morgan fingerprint density at radius 2 is 2.15 bits per heavy atom. The van der Waals surface area contributed by atoms with Crippen molar-refractivity contribution < 1.29 is 18.3 Å². The third-order valence-corrected chi connectivity index (χ3v) is 2.74. The van der Waals surface area contributed by atoms with Crippen LogP contribution in [0.15, 0.2) is 37.2 Å². The fraction of sp³-hybridized carbons (Fsp3) is 0.154. The third kappa shape index (κ3) is 2.42. The second-order valence-corrected chi connectivity index (χ2v) is 4.19. The Labute approximate surface area is 113 Å². The summed E-state index contributed by atoms with van der Waals surface area (Å²) in [6.45, 7) is 4.10. The van der Waals surface area contributed by atoms with E-state index in [2.05, 4.69) is 26.5 Å². The van der Waals surface area contributed by atoms with Crippen molar-refractivity contribution in [2.24, 2.45) is 0 Å². The molecule has 0 atom stereocenters. The van der Waals surface area contributed by atoms with Crippen molar-refractivity contribution in [1.29, 1.82) is 0 Å². The molecule has 0 unspecified atom stereocenters. The molecule has 0 amide bonds. The maximum atomic E-state index is 12.9. The summed E-state index contributed by atoms with van der Waals surface area (Å²) in [4.78, 5) is 0. The first-order valence-corrected chi connectivity index (χ1v) is 5.85. The van der Waals surface area contributed by atoms with Crippen LogP contribution < -0.4 is 14.8 Å². The van der Waals surface area contributed by atoms with Gasteiger partial charge in [-0.3, -0.25) is 0 Å². The average molecular weight is 279 g/mol. The maximum absolute atomic E-state index is 12.9.